The number of nitrogens with zero attached hydrogens (tertiary/aromatic N) is 3. The molecule has 0 fully saturated rings. The van der Waals surface area contributed by atoms with E-state index in [9.17, 15) is 18.4 Å². The van der Waals surface area contributed by atoms with Crippen molar-refractivity contribution in [3.05, 3.63) is 93.4 Å². The zero-order valence-corrected chi connectivity index (χ0v) is 15.7. The van der Waals surface area contributed by atoms with Gasteiger partial charge >= 0.3 is 0 Å². The number of H-pyrrole nitrogens is 1. The van der Waals surface area contributed by atoms with Crippen LogP contribution in [-0.4, -0.2) is 25.4 Å². The van der Waals surface area contributed by atoms with E-state index in [1.54, 1.807) is 35.2 Å². The van der Waals surface area contributed by atoms with Gasteiger partial charge in [-0.3, -0.25) is 14.7 Å². The molecular weight excluding hydrogens is 390 g/mol. The minimum atomic E-state index is -0.392. The first-order valence-electron chi connectivity index (χ1n) is 9.39. The summed E-state index contributed by atoms with van der Waals surface area (Å²) in [6.45, 7) is 0.384. The van der Waals surface area contributed by atoms with Gasteiger partial charge < -0.3 is 4.90 Å². The summed E-state index contributed by atoms with van der Waals surface area (Å²) in [6, 6.07) is 13.5. The van der Waals surface area contributed by atoms with Crippen LogP contribution in [0.1, 0.15) is 16.8 Å². The SMILES string of the molecule is O=C(Cc1cccc(F)c1)N1Cc2nc3cc(-c4ccc(F)cc4)[nH]n3c(=O)c2C1. The third-order valence-corrected chi connectivity index (χ3v) is 5.24. The van der Waals surface area contributed by atoms with Gasteiger partial charge in [0.15, 0.2) is 5.65 Å². The summed E-state index contributed by atoms with van der Waals surface area (Å²) in [7, 11) is 0. The normalized spacial score (nSPS) is 13.1. The molecule has 0 saturated carbocycles. The summed E-state index contributed by atoms with van der Waals surface area (Å²) in [5.41, 5.74) is 3.11. The molecule has 0 saturated heterocycles. The molecule has 6 nitrogen and oxygen atoms in total. The number of nitrogens with one attached hydrogen (secondary N) is 1. The summed E-state index contributed by atoms with van der Waals surface area (Å²) in [5.74, 6) is -0.929. The molecule has 0 radical (unpaired) electrons. The van der Waals surface area contributed by atoms with Crippen LogP contribution in [0.2, 0.25) is 0 Å². The second-order valence-corrected chi connectivity index (χ2v) is 7.27. The summed E-state index contributed by atoms with van der Waals surface area (Å²) in [6.07, 6.45) is 0.0552. The van der Waals surface area contributed by atoms with Crippen LogP contribution >= 0.6 is 0 Å². The Morgan fingerprint density at radius 2 is 1.83 bits per heavy atom. The number of rotatable bonds is 3. The molecule has 4 aromatic rings. The third-order valence-electron chi connectivity index (χ3n) is 5.24. The zero-order valence-electron chi connectivity index (χ0n) is 15.7. The second-order valence-electron chi connectivity index (χ2n) is 7.27. The molecule has 8 heteroatoms. The van der Waals surface area contributed by atoms with E-state index in [0.717, 1.165) is 5.56 Å². The average Bonchev–Trinajstić information content (AvgIpc) is 3.34. The summed E-state index contributed by atoms with van der Waals surface area (Å²) in [5, 5.41) is 2.99. The highest BCUT2D eigenvalue weighted by atomic mass is 19.1. The molecule has 150 valence electrons. The lowest BCUT2D eigenvalue weighted by molar-refractivity contribution is -0.131. The van der Waals surface area contributed by atoms with Crippen LogP contribution in [0.15, 0.2) is 59.4 Å². The molecule has 1 aliphatic heterocycles. The highest BCUT2D eigenvalue weighted by molar-refractivity contribution is 5.79. The Morgan fingerprint density at radius 3 is 2.60 bits per heavy atom. The molecule has 30 heavy (non-hydrogen) atoms. The molecule has 2 aromatic carbocycles. The maximum Gasteiger partial charge on any atom is 0.278 e. The minimum absolute atomic E-state index is 0.0552. The number of halogens is 2. The van der Waals surface area contributed by atoms with Gasteiger partial charge in [0.05, 0.1) is 36.5 Å². The van der Waals surface area contributed by atoms with Crippen molar-refractivity contribution < 1.29 is 13.6 Å². The van der Waals surface area contributed by atoms with E-state index in [1.807, 2.05) is 0 Å². The van der Waals surface area contributed by atoms with Crippen molar-refractivity contribution in [3.63, 3.8) is 0 Å². The molecule has 0 spiro atoms. The predicted octanol–water partition coefficient (Wildman–Crippen LogP) is 3.05. The number of benzene rings is 2. The predicted molar refractivity (Wildman–Crippen MR) is 106 cm³/mol. The van der Waals surface area contributed by atoms with Crippen molar-refractivity contribution in [3.8, 4) is 11.3 Å². The van der Waals surface area contributed by atoms with E-state index in [1.165, 1.54) is 28.8 Å². The molecule has 0 bridgehead atoms. The van der Waals surface area contributed by atoms with Crippen LogP contribution < -0.4 is 5.56 Å². The quantitative estimate of drug-likeness (QED) is 0.569. The fraction of sp³-hybridized carbons (Fsp3) is 0.136. The van der Waals surface area contributed by atoms with Gasteiger partial charge in [-0.05, 0) is 47.5 Å². The number of aromatic amines is 1. The van der Waals surface area contributed by atoms with Crippen molar-refractivity contribution in [2.75, 3.05) is 0 Å². The van der Waals surface area contributed by atoms with Gasteiger partial charge in [-0.2, -0.15) is 0 Å². The van der Waals surface area contributed by atoms with Crippen molar-refractivity contribution in [1.29, 1.82) is 0 Å². The van der Waals surface area contributed by atoms with Crippen molar-refractivity contribution in [1.82, 2.24) is 19.5 Å². The first-order chi connectivity index (χ1) is 14.5. The van der Waals surface area contributed by atoms with Gasteiger partial charge in [0.25, 0.3) is 5.56 Å². The maximum absolute atomic E-state index is 13.4. The Morgan fingerprint density at radius 1 is 1.03 bits per heavy atom. The number of carbonyl (C=O) groups is 1. The molecule has 5 rings (SSSR count). The van der Waals surface area contributed by atoms with Gasteiger partial charge in [0.2, 0.25) is 5.91 Å². The Labute approximate surface area is 169 Å². The molecule has 1 N–H and O–H groups in total. The first-order valence-corrected chi connectivity index (χ1v) is 9.39. The molecule has 1 aliphatic rings. The average molecular weight is 406 g/mol. The Kier molecular flexibility index (Phi) is 4.20. The van der Waals surface area contributed by atoms with Crippen molar-refractivity contribution in [2.45, 2.75) is 19.5 Å². The van der Waals surface area contributed by atoms with Gasteiger partial charge in [-0.25, -0.2) is 18.3 Å². The van der Waals surface area contributed by atoms with E-state index in [4.69, 9.17) is 0 Å². The topological polar surface area (TPSA) is 70.5 Å². The van der Waals surface area contributed by atoms with Crippen LogP contribution in [-0.2, 0) is 24.3 Å². The van der Waals surface area contributed by atoms with Crippen LogP contribution in [0, 0.1) is 11.6 Å². The molecular formula is C22H16F2N4O2. The van der Waals surface area contributed by atoms with E-state index in [0.29, 0.717) is 28.2 Å². The maximum atomic E-state index is 13.4. The third kappa shape index (κ3) is 3.16. The smallest absolute Gasteiger partial charge is 0.278 e. The largest absolute Gasteiger partial charge is 0.332 e. The number of carbonyl (C=O) groups excluding carboxylic acids is 1. The van der Waals surface area contributed by atoms with Crippen LogP contribution in [0.3, 0.4) is 0 Å². The van der Waals surface area contributed by atoms with Crippen LogP contribution in [0.25, 0.3) is 16.9 Å². The van der Waals surface area contributed by atoms with E-state index < -0.39 is 5.82 Å². The fourth-order valence-corrected chi connectivity index (χ4v) is 3.71. The Hall–Kier alpha value is -3.81. The minimum Gasteiger partial charge on any atom is -0.332 e. The number of hydrogen-bond donors (Lipinski definition) is 1. The lowest BCUT2D eigenvalue weighted by Crippen LogP contribution is -2.28. The lowest BCUT2D eigenvalue weighted by Gasteiger charge is -2.14. The molecule has 0 unspecified atom stereocenters. The van der Waals surface area contributed by atoms with E-state index in [-0.39, 0.29) is 36.8 Å². The highest BCUT2D eigenvalue weighted by Gasteiger charge is 2.28. The van der Waals surface area contributed by atoms with Gasteiger partial charge in [-0.15, -0.1) is 0 Å². The molecule has 0 atom stereocenters. The van der Waals surface area contributed by atoms with Crippen LogP contribution in [0.4, 0.5) is 8.78 Å². The Balaban J connectivity index is 1.42. The molecule has 3 heterocycles. The lowest BCUT2D eigenvalue weighted by atomic mass is 10.1. The van der Waals surface area contributed by atoms with Gasteiger partial charge in [-0.1, -0.05) is 12.1 Å². The van der Waals surface area contributed by atoms with E-state index >= 15 is 0 Å². The summed E-state index contributed by atoms with van der Waals surface area (Å²) in [4.78, 5) is 31.7. The number of amides is 1. The molecule has 0 aliphatic carbocycles. The molecule has 1 amide bonds. The van der Waals surface area contributed by atoms with Crippen molar-refractivity contribution >= 4 is 11.6 Å². The van der Waals surface area contributed by atoms with Crippen LogP contribution in [0.5, 0.6) is 0 Å². The number of aromatic nitrogens is 3. The highest BCUT2D eigenvalue weighted by Crippen LogP contribution is 2.23. The Bertz CT molecular complexity index is 1340. The zero-order chi connectivity index (χ0) is 20.8. The first kappa shape index (κ1) is 18.2. The monoisotopic (exact) mass is 406 g/mol. The van der Waals surface area contributed by atoms with Crippen molar-refractivity contribution in [2.24, 2.45) is 0 Å². The standard InChI is InChI=1S/C22H16F2N4O2/c23-15-6-4-14(5-7-15)18-10-20-25-19-12-27(11-17(19)22(30)28(20)26-18)21(29)9-13-2-1-3-16(24)8-13/h1-8,10,26H,9,11-12H2. The van der Waals surface area contributed by atoms with E-state index in [2.05, 4.69) is 10.1 Å². The summed E-state index contributed by atoms with van der Waals surface area (Å²) < 4.78 is 27.9. The molecule has 2 aromatic heterocycles. The number of hydrogen-bond acceptors (Lipinski definition) is 3. The van der Waals surface area contributed by atoms with Gasteiger partial charge in [0, 0.05) is 6.07 Å². The summed E-state index contributed by atoms with van der Waals surface area (Å²) >= 11 is 0. The fourth-order valence-electron chi connectivity index (χ4n) is 3.71. The second kappa shape index (κ2) is 6.91. The number of fused-ring (bicyclic) bond motifs is 2. The van der Waals surface area contributed by atoms with Gasteiger partial charge in [0.1, 0.15) is 11.6 Å².